The predicted octanol–water partition coefficient (Wildman–Crippen LogP) is 0.856. The summed E-state index contributed by atoms with van der Waals surface area (Å²) in [7, 11) is -4.02. The van der Waals surface area contributed by atoms with Crippen molar-refractivity contribution in [3.05, 3.63) is 42.5 Å². The first-order chi connectivity index (χ1) is 7.95. The van der Waals surface area contributed by atoms with Crippen LogP contribution in [0.25, 0.3) is 0 Å². The Bertz CT molecular complexity index is 492. The highest BCUT2D eigenvalue weighted by Gasteiger charge is 2.20. The van der Waals surface area contributed by atoms with E-state index in [1.165, 1.54) is 24.3 Å². The number of hydrogen-bond donors (Lipinski definition) is 1. The molecule has 0 aliphatic heterocycles. The third-order valence-corrected chi connectivity index (χ3v) is 3.20. The highest BCUT2D eigenvalue weighted by atomic mass is 32.2. The fraction of sp³-hybridized carbons (Fsp3) is 0.182. The van der Waals surface area contributed by atoms with Gasteiger partial charge in [0, 0.05) is 6.42 Å². The van der Waals surface area contributed by atoms with Crippen molar-refractivity contribution in [2.24, 2.45) is 0 Å². The number of aliphatic hydroxyl groups is 1. The number of aldehydes is 1. The van der Waals surface area contributed by atoms with Gasteiger partial charge < -0.3 is 5.11 Å². The van der Waals surface area contributed by atoms with Gasteiger partial charge >= 0.3 is 0 Å². The molecule has 6 heteroatoms. The lowest BCUT2D eigenvalue weighted by Gasteiger charge is -2.11. The minimum atomic E-state index is -4.02. The molecule has 0 aliphatic rings. The lowest BCUT2D eigenvalue weighted by Crippen LogP contribution is -2.18. The van der Waals surface area contributed by atoms with E-state index in [0.717, 1.165) is 0 Å². The quantitative estimate of drug-likeness (QED) is 0.353. The molecule has 5 nitrogen and oxygen atoms in total. The predicted molar refractivity (Wildman–Crippen MR) is 60.5 cm³/mol. The van der Waals surface area contributed by atoms with E-state index in [1.54, 1.807) is 6.07 Å². The maximum Gasteiger partial charge on any atom is 0.299 e. The molecule has 0 fully saturated rings. The second-order valence-electron chi connectivity index (χ2n) is 3.30. The Kier molecular flexibility index (Phi) is 4.56. The lowest BCUT2D eigenvalue weighted by molar-refractivity contribution is -0.105. The van der Waals surface area contributed by atoms with Gasteiger partial charge in [-0.2, -0.15) is 8.42 Å². The summed E-state index contributed by atoms with van der Waals surface area (Å²) in [6, 6.07) is 7.41. The Morgan fingerprint density at radius 1 is 1.41 bits per heavy atom. The van der Waals surface area contributed by atoms with Crippen molar-refractivity contribution in [1.82, 2.24) is 0 Å². The van der Waals surface area contributed by atoms with Gasteiger partial charge in [0.1, 0.15) is 6.29 Å². The molecule has 0 heterocycles. The van der Waals surface area contributed by atoms with Gasteiger partial charge in [-0.1, -0.05) is 24.8 Å². The van der Waals surface area contributed by atoms with Crippen molar-refractivity contribution >= 4 is 16.4 Å². The van der Waals surface area contributed by atoms with Gasteiger partial charge in [-0.05, 0) is 17.7 Å². The van der Waals surface area contributed by atoms with E-state index in [0.29, 0.717) is 6.29 Å². The molecule has 0 aromatic heterocycles. The second-order valence-corrected chi connectivity index (χ2v) is 4.87. The molecule has 1 rings (SSSR count). The summed E-state index contributed by atoms with van der Waals surface area (Å²) in [6.45, 7) is 3.31. The molecule has 17 heavy (non-hydrogen) atoms. The first kappa shape index (κ1) is 13.6. The zero-order valence-electron chi connectivity index (χ0n) is 8.94. The molecule has 1 unspecified atom stereocenters. The molecule has 0 radical (unpaired) electrons. The van der Waals surface area contributed by atoms with Crippen molar-refractivity contribution in [3.63, 3.8) is 0 Å². The van der Waals surface area contributed by atoms with Gasteiger partial charge in [-0.15, -0.1) is 0 Å². The zero-order valence-corrected chi connectivity index (χ0v) is 9.76. The van der Waals surface area contributed by atoms with Crippen molar-refractivity contribution in [1.29, 1.82) is 0 Å². The van der Waals surface area contributed by atoms with E-state index >= 15 is 0 Å². The smallest absolute Gasteiger partial charge is 0.299 e. The zero-order chi connectivity index (χ0) is 12.9. The van der Waals surface area contributed by atoms with Crippen LogP contribution in [-0.4, -0.2) is 26.1 Å². The van der Waals surface area contributed by atoms with Gasteiger partial charge in [0.2, 0.25) is 0 Å². The molecule has 0 spiro atoms. The van der Waals surface area contributed by atoms with Crippen LogP contribution in [0.1, 0.15) is 6.42 Å². The molecule has 1 N–H and O–H groups in total. The minimum Gasteiger partial charge on any atom is -0.367 e. The monoisotopic (exact) mass is 256 g/mol. The molecular formula is C11H12O5S. The number of rotatable bonds is 6. The van der Waals surface area contributed by atoms with Gasteiger partial charge in [-0.25, -0.2) is 4.18 Å². The topological polar surface area (TPSA) is 80.7 Å². The largest absolute Gasteiger partial charge is 0.367 e. The Morgan fingerprint density at radius 2 is 2.00 bits per heavy atom. The van der Waals surface area contributed by atoms with E-state index < -0.39 is 16.4 Å². The normalized spacial score (nSPS) is 13.0. The van der Waals surface area contributed by atoms with Crippen LogP contribution in [0.5, 0.6) is 0 Å². The fourth-order valence-corrected chi connectivity index (χ4v) is 2.06. The van der Waals surface area contributed by atoms with E-state index in [-0.39, 0.29) is 16.9 Å². The Labute approximate surface area is 99.5 Å². The number of aliphatic hydroxyl groups excluding tert-OH is 1. The summed E-state index contributed by atoms with van der Waals surface area (Å²) < 4.78 is 27.7. The second kappa shape index (κ2) is 5.72. The number of carbonyl (C=O) groups excluding carboxylic acids is 1. The van der Waals surface area contributed by atoms with Crippen LogP contribution in [0.15, 0.2) is 47.4 Å². The van der Waals surface area contributed by atoms with E-state index in [4.69, 9.17) is 0 Å². The molecule has 92 valence electrons. The molecule has 0 saturated heterocycles. The average Bonchev–Trinajstić information content (AvgIpc) is 2.29. The van der Waals surface area contributed by atoms with Crippen molar-refractivity contribution in [3.8, 4) is 0 Å². The molecule has 0 bridgehead atoms. The van der Waals surface area contributed by atoms with Gasteiger partial charge in [0.05, 0.1) is 4.90 Å². The van der Waals surface area contributed by atoms with Crippen LogP contribution < -0.4 is 0 Å². The molecule has 0 saturated carbocycles. The van der Waals surface area contributed by atoms with Crippen LogP contribution in [0.4, 0.5) is 0 Å². The van der Waals surface area contributed by atoms with Crippen molar-refractivity contribution in [2.75, 3.05) is 0 Å². The molecule has 1 aromatic rings. The average molecular weight is 256 g/mol. The van der Waals surface area contributed by atoms with Crippen LogP contribution >= 0.6 is 0 Å². The Balaban J connectivity index is 2.74. The van der Waals surface area contributed by atoms with E-state index in [1.807, 2.05) is 0 Å². The first-order valence-corrected chi connectivity index (χ1v) is 6.16. The third-order valence-electron chi connectivity index (χ3n) is 1.87. The standard InChI is InChI=1S/C11H12O5S/c1-9(8-12)7-11(13)16-17(14,15)10-5-3-2-4-6-10/h2-6,8,11,13H,1,7H2. The molecule has 0 aliphatic carbocycles. The maximum atomic E-state index is 11.6. The highest BCUT2D eigenvalue weighted by molar-refractivity contribution is 7.86. The summed E-state index contributed by atoms with van der Waals surface area (Å²) in [5, 5.41) is 9.33. The summed E-state index contributed by atoms with van der Waals surface area (Å²) in [5.41, 5.74) is 0.0563. The van der Waals surface area contributed by atoms with Crippen molar-refractivity contribution < 1.29 is 22.5 Å². The van der Waals surface area contributed by atoms with Crippen molar-refractivity contribution in [2.45, 2.75) is 17.6 Å². The van der Waals surface area contributed by atoms with Crippen LogP contribution in [-0.2, 0) is 19.1 Å². The molecular weight excluding hydrogens is 244 g/mol. The summed E-state index contributed by atoms with van der Waals surface area (Å²) >= 11 is 0. The number of carbonyl (C=O) groups is 1. The SMILES string of the molecule is C=C(C=O)CC(O)OS(=O)(=O)c1ccccc1. The minimum absolute atomic E-state index is 0.0563. The van der Waals surface area contributed by atoms with Gasteiger partial charge in [0.25, 0.3) is 10.1 Å². The molecule has 1 atom stereocenters. The molecule has 0 amide bonds. The van der Waals surface area contributed by atoms with Crippen LogP contribution in [0, 0.1) is 0 Å². The summed E-state index contributed by atoms with van der Waals surface area (Å²) in [5.74, 6) is 0. The summed E-state index contributed by atoms with van der Waals surface area (Å²) in [4.78, 5) is 10.2. The van der Waals surface area contributed by atoms with Crippen LogP contribution in [0.3, 0.4) is 0 Å². The maximum absolute atomic E-state index is 11.6. The summed E-state index contributed by atoms with van der Waals surface area (Å²) in [6.07, 6.45) is -1.44. The lowest BCUT2D eigenvalue weighted by atomic mass is 10.2. The first-order valence-electron chi connectivity index (χ1n) is 4.75. The number of benzene rings is 1. The fourth-order valence-electron chi connectivity index (χ4n) is 1.10. The number of hydrogen-bond acceptors (Lipinski definition) is 5. The molecule has 1 aromatic carbocycles. The third kappa shape index (κ3) is 4.10. The highest BCUT2D eigenvalue weighted by Crippen LogP contribution is 2.15. The van der Waals surface area contributed by atoms with E-state index in [9.17, 15) is 18.3 Å². The van der Waals surface area contributed by atoms with Gasteiger partial charge in [0.15, 0.2) is 6.29 Å². The van der Waals surface area contributed by atoms with Gasteiger partial charge in [-0.3, -0.25) is 4.79 Å². The Morgan fingerprint density at radius 3 is 2.53 bits per heavy atom. The van der Waals surface area contributed by atoms with E-state index in [2.05, 4.69) is 10.8 Å². The van der Waals surface area contributed by atoms with Crippen LogP contribution in [0.2, 0.25) is 0 Å². The Hall–Kier alpha value is -1.50.